The number of aryl methyl sites for hydroxylation is 1. The van der Waals surface area contributed by atoms with Crippen LogP contribution in [0, 0.1) is 6.92 Å². The number of rotatable bonds is 5. The molecule has 20 heavy (non-hydrogen) atoms. The molecule has 0 aromatic carbocycles. The minimum Gasteiger partial charge on any atom is -0.370 e. The molecule has 0 saturated heterocycles. The van der Waals surface area contributed by atoms with Gasteiger partial charge in [-0.05, 0) is 47.8 Å². The van der Waals surface area contributed by atoms with E-state index in [9.17, 15) is 4.79 Å². The highest BCUT2D eigenvalue weighted by atomic mass is 79.9. The zero-order chi connectivity index (χ0) is 14.4. The first-order valence-electron chi connectivity index (χ1n) is 7.31. The second-order valence-corrected chi connectivity index (χ2v) is 6.20. The molecule has 110 valence electrons. The predicted molar refractivity (Wildman–Crippen MR) is 84.8 cm³/mol. The molecule has 1 aliphatic carbocycles. The summed E-state index contributed by atoms with van der Waals surface area (Å²) in [5.74, 6) is 0.953. The van der Waals surface area contributed by atoms with E-state index in [0.29, 0.717) is 19.0 Å². The Labute approximate surface area is 128 Å². The van der Waals surface area contributed by atoms with Crippen LogP contribution >= 0.6 is 15.9 Å². The number of amides is 1. The lowest BCUT2D eigenvalue weighted by molar-refractivity contribution is -0.121. The van der Waals surface area contributed by atoms with Crippen molar-refractivity contribution in [1.82, 2.24) is 10.3 Å². The molecule has 1 heterocycles. The van der Waals surface area contributed by atoms with E-state index in [0.717, 1.165) is 28.8 Å². The number of halogens is 1. The first kappa shape index (κ1) is 15.3. The topological polar surface area (TPSA) is 54.0 Å². The second kappa shape index (κ2) is 7.62. The number of aromatic nitrogens is 1. The molecule has 5 heteroatoms. The van der Waals surface area contributed by atoms with Gasteiger partial charge in [-0.25, -0.2) is 4.98 Å². The summed E-state index contributed by atoms with van der Waals surface area (Å²) in [6, 6.07) is 4.27. The van der Waals surface area contributed by atoms with Crippen LogP contribution in [0.3, 0.4) is 0 Å². The molecule has 2 rings (SSSR count). The summed E-state index contributed by atoms with van der Waals surface area (Å²) in [6.45, 7) is 2.57. The maximum absolute atomic E-state index is 11.8. The van der Waals surface area contributed by atoms with Gasteiger partial charge >= 0.3 is 0 Å². The molecule has 1 amide bonds. The molecule has 0 bridgehead atoms. The van der Waals surface area contributed by atoms with Crippen LogP contribution in [0.4, 0.5) is 5.82 Å². The summed E-state index contributed by atoms with van der Waals surface area (Å²) in [6.07, 6.45) is 6.55. The average molecular weight is 340 g/mol. The van der Waals surface area contributed by atoms with Crippen molar-refractivity contribution >= 4 is 27.7 Å². The van der Waals surface area contributed by atoms with Gasteiger partial charge in [0, 0.05) is 23.5 Å². The summed E-state index contributed by atoms with van der Waals surface area (Å²) in [5.41, 5.74) is 0.946. The monoisotopic (exact) mass is 339 g/mol. The van der Waals surface area contributed by atoms with Crippen molar-refractivity contribution < 1.29 is 4.79 Å². The number of nitrogens with one attached hydrogen (secondary N) is 2. The second-order valence-electron chi connectivity index (χ2n) is 5.34. The zero-order valence-electron chi connectivity index (χ0n) is 11.9. The van der Waals surface area contributed by atoms with Crippen LogP contribution in [-0.4, -0.2) is 23.5 Å². The highest BCUT2D eigenvalue weighted by Crippen LogP contribution is 2.18. The van der Waals surface area contributed by atoms with Crippen LogP contribution in [0.2, 0.25) is 0 Å². The Morgan fingerprint density at radius 3 is 2.80 bits per heavy atom. The Balaban J connectivity index is 1.69. The van der Waals surface area contributed by atoms with Gasteiger partial charge in [-0.1, -0.05) is 19.3 Å². The van der Waals surface area contributed by atoms with E-state index >= 15 is 0 Å². The highest BCUT2D eigenvalue weighted by molar-refractivity contribution is 9.10. The third-order valence-corrected chi connectivity index (χ3v) is 4.49. The number of carbonyl (C=O) groups is 1. The summed E-state index contributed by atoms with van der Waals surface area (Å²) in [5, 5.41) is 6.31. The van der Waals surface area contributed by atoms with Gasteiger partial charge in [0.2, 0.25) is 5.91 Å². The van der Waals surface area contributed by atoms with Gasteiger partial charge in [0.25, 0.3) is 0 Å². The lowest BCUT2D eigenvalue weighted by Gasteiger charge is -2.22. The van der Waals surface area contributed by atoms with E-state index in [1.165, 1.54) is 19.3 Å². The average Bonchev–Trinajstić information content (AvgIpc) is 2.44. The largest absolute Gasteiger partial charge is 0.370 e. The van der Waals surface area contributed by atoms with Crippen molar-refractivity contribution in [2.24, 2.45) is 0 Å². The van der Waals surface area contributed by atoms with Gasteiger partial charge in [-0.2, -0.15) is 0 Å². The van der Waals surface area contributed by atoms with Crippen molar-refractivity contribution in [2.75, 3.05) is 11.9 Å². The Morgan fingerprint density at radius 2 is 2.10 bits per heavy atom. The highest BCUT2D eigenvalue weighted by Gasteiger charge is 2.15. The summed E-state index contributed by atoms with van der Waals surface area (Å²) in [7, 11) is 0. The van der Waals surface area contributed by atoms with E-state index < -0.39 is 0 Å². The van der Waals surface area contributed by atoms with Crippen molar-refractivity contribution in [3.8, 4) is 0 Å². The Morgan fingerprint density at radius 1 is 1.35 bits per heavy atom. The first-order valence-corrected chi connectivity index (χ1v) is 8.11. The molecule has 4 nitrogen and oxygen atoms in total. The number of carbonyl (C=O) groups excluding carboxylic acids is 1. The fourth-order valence-corrected chi connectivity index (χ4v) is 2.71. The molecule has 0 aliphatic heterocycles. The number of hydrogen-bond acceptors (Lipinski definition) is 3. The Bertz CT molecular complexity index is 458. The van der Waals surface area contributed by atoms with Gasteiger partial charge in [-0.15, -0.1) is 0 Å². The van der Waals surface area contributed by atoms with Gasteiger partial charge < -0.3 is 10.6 Å². The van der Waals surface area contributed by atoms with Crippen molar-refractivity contribution in [3.05, 3.63) is 22.3 Å². The van der Waals surface area contributed by atoms with E-state index in [4.69, 9.17) is 0 Å². The summed E-state index contributed by atoms with van der Waals surface area (Å²) >= 11 is 3.42. The smallest absolute Gasteiger partial charge is 0.221 e. The maximum Gasteiger partial charge on any atom is 0.221 e. The van der Waals surface area contributed by atoms with Gasteiger partial charge in [-0.3, -0.25) is 4.79 Å². The van der Waals surface area contributed by atoms with E-state index in [-0.39, 0.29) is 5.91 Å². The minimum absolute atomic E-state index is 0.137. The molecule has 1 aliphatic rings. The summed E-state index contributed by atoms with van der Waals surface area (Å²) in [4.78, 5) is 16.2. The van der Waals surface area contributed by atoms with E-state index in [1.807, 2.05) is 19.1 Å². The maximum atomic E-state index is 11.8. The van der Waals surface area contributed by atoms with Crippen molar-refractivity contribution in [3.63, 3.8) is 0 Å². The van der Waals surface area contributed by atoms with Gasteiger partial charge in [0.05, 0.1) is 5.69 Å². The summed E-state index contributed by atoms with van der Waals surface area (Å²) < 4.78 is 0.998. The molecule has 1 aromatic heterocycles. The molecular weight excluding hydrogens is 318 g/mol. The van der Waals surface area contributed by atoms with E-state index in [2.05, 4.69) is 31.5 Å². The molecule has 0 unspecified atom stereocenters. The normalized spacial score (nSPS) is 15.9. The molecule has 0 spiro atoms. The van der Waals surface area contributed by atoms with Crippen LogP contribution in [0.15, 0.2) is 16.6 Å². The van der Waals surface area contributed by atoms with Crippen LogP contribution in [0.5, 0.6) is 0 Å². The fourth-order valence-electron chi connectivity index (χ4n) is 2.49. The quantitative estimate of drug-likeness (QED) is 0.864. The predicted octanol–water partition coefficient (Wildman–Crippen LogP) is 3.40. The molecule has 2 N–H and O–H groups in total. The molecular formula is C15H22BrN3O. The Hall–Kier alpha value is -1.10. The first-order chi connectivity index (χ1) is 9.65. The lowest BCUT2D eigenvalue weighted by atomic mass is 9.95. The number of hydrogen-bond donors (Lipinski definition) is 2. The van der Waals surface area contributed by atoms with Crippen LogP contribution in [0.25, 0.3) is 0 Å². The van der Waals surface area contributed by atoms with Crippen molar-refractivity contribution in [1.29, 1.82) is 0 Å². The van der Waals surface area contributed by atoms with Gasteiger partial charge in [0.15, 0.2) is 0 Å². The van der Waals surface area contributed by atoms with Crippen LogP contribution in [-0.2, 0) is 4.79 Å². The zero-order valence-corrected chi connectivity index (χ0v) is 13.5. The minimum atomic E-state index is 0.137. The van der Waals surface area contributed by atoms with Crippen LogP contribution in [0.1, 0.15) is 44.2 Å². The van der Waals surface area contributed by atoms with Crippen LogP contribution < -0.4 is 10.6 Å². The fraction of sp³-hybridized carbons (Fsp3) is 0.600. The molecule has 1 fully saturated rings. The van der Waals surface area contributed by atoms with Crippen molar-refractivity contribution in [2.45, 2.75) is 51.5 Å². The SMILES string of the molecule is Cc1nc(NCCC(=O)NC2CCCCC2)ccc1Br. The molecule has 0 atom stereocenters. The number of nitrogens with zero attached hydrogens (tertiary/aromatic N) is 1. The standard InChI is InChI=1S/C15H22BrN3O/c1-11-13(16)7-8-14(18-11)17-10-9-15(20)19-12-5-3-2-4-6-12/h7-8,12H,2-6,9-10H2,1H3,(H,17,18)(H,19,20). The third-order valence-electron chi connectivity index (χ3n) is 3.65. The molecule has 1 saturated carbocycles. The number of anilines is 1. The molecule has 0 radical (unpaired) electrons. The van der Waals surface area contributed by atoms with E-state index in [1.54, 1.807) is 0 Å². The lowest BCUT2D eigenvalue weighted by Crippen LogP contribution is -2.36. The number of pyridine rings is 1. The van der Waals surface area contributed by atoms with Gasteiger partial charge in [0.1, 0.15) is 5.82 Å². The molecule has 1 aromatic rings. The Kier molecular flexibility index (Phi) is 5.83. The third kappa shape index (κ3) is 4.78.